The first-order valence-corrected chi connectivity index (χ1v) is 11.6. The van der Waals surface area contributed by atoms with Crippen LogP contribution in [0.4, 0.5) is 11.4 Å². The Morgan fingerprint density at radius 1 is 0.917 bits per heavy atom. The van der Waals surface area contributed by atoms with E-state index in [-0.39, 0.29) is 30.3 Å². The number of fused-ring (bicyclic) bond motifs is 1. The Hall–Kier alpha value is -4.59. The van der Waals surface area contributed by atoms with Gasteiger partial charge in [-0.25, -0.2) is 4.98 Å². The van der Waals surface area contributed by atoms with E-state index in [1.807, 2.05) is 13.0 Å². The lowest BCUT2D eigenvalue weighted by Crippen LogP contribution is -2.30. The first-order chi connectivity index (χ1) is 17.3. The van der Waals surface area contributed by atoms with Crippen LogP contribution in [-0.4, -0.2) is 27.1 Å². The molecule has 0 radical (unpaired) electrons. The van der Waals surface area contributed by atoms with Crippen LogP contribution in [0.5, 0.6) is 0 Å². The zero-order valence-electron chi connectivity index (χ0n) is 20.3. The number of nitrogens with one attached hydrogen (secondary N) is 2. The molecule has 0 aliphatic carbocycles. The van der Waals surface area contributed by atoms with Gasteiger partial charge in [0.15, 0.2) is 5.78 Å². The molecule has 0 unspecified atom stereocenters. The van der Waals surface area contributed by atoms with E-state index in [9.17, 15) is 19.2 Å². The van der Waals surface area contributed by atoms with Crippen molar-refractivity contribution in [3.8, 4) is 11.3 Å². The van der Waals surface area contributed by atoms with Gasteiger partial charge in [-0.05, 0) is 62.4 Å². The lowest BCUT2D eigenvalue weighted by atomic mass is 10.1. The van der Waals surface area contributed by atoms with E-state index < -0.39 is 11.5 Å². The van der Waals surface area contributed by atoms with E-state index >= 15 is 0 Å². The largest absolute Gasteiger partial charge is 0.325 e. The molecule has 4 aromatic rings. The van der Waals surface area contributed by atoms with Crippen LogP contribution in [-0.2, 0) is 16.1 Å². The summed E-state index contributed by atoms with van der Waals surface area (Å²) in [5, 5.41) is 5.61. The maximum absolute atomic E-state index is 13.7. The predicted octanol–water partition coefficient (Wildman–Crippen LogP) is 4.56. The number of carbonyl (C=O) groups is 3. The number of carbonyl (C=O) groups excluding carboxylic acids is 3. The molecule has 8 nitrogen and oxygen atoms in total. The third-order valence-electron chi connectivity index (χ3n) is 5.75. The summed E-state index contributed by atoms with van der Waals surface area (Å²) in [5.74, 6) is -0.657. The van der Waals surface area contributed by atoms with E-state index in [0.29, 0.717) is 33.5 Å². The van der Waals surface area contributed by atoms with E-state index in [2.05, 4.69) is 15.6 Å². The number of hydrogen-bond acceptors (Lipinski definition) is 5. The van der Waals surface area contributed by atoms with Crippen LogP contribution >= 0.6 is 0 Å². The molecule has 0 bridgehead atoms. The fraction of sp³-hybridized carbons (Fsp3) is 0.179. The lowest BCUT2D eigenvalue weighted by molar-refractivity contribution is -0.117. The fourth-order valence-corrected chi connectivity index (χ4v) is 3.86. The number of aryl methyl sites for hydroxylation is 1. The monoisotopic (exact) mass is 482 g/mol. The van der Waals surface area contributed by atoms with Gasteiger partial charge in [0.05, 0.1) is 16.7 Å². The van der Waals surface area contributed by atoms with Gasteiger partial charge in [0.2, 0.25) is 11.8 Å². The molecule has 0 saturated carbocycles. The van der Waals surface area contributed by atoms with Crippen molar-refractivity contribution >= 4 is 40.0 Å². The van der Waals surface area contributed by atoms with Gasteiger partial charge < -0.3 is 10.6 Å². The average molecular weight is 483 g/mol. The van der Waals surface area contributed by atoms with Crippen molar-refractivity contribution in [3.05, 3.63) is 88.2 Å². The highest BCUT2D eigenvalue weighted by atomic mass is 16.2. The van der Waals surface area contributed by atoms with Crippen molar-refractivity contribution in [1.82, 2.24) is 9.55 Å². The third kappa shape index (κ3) is 5.22. The highest BCUT2D eigenvalue weighted by molar-refractivity contribution is 5.97. The number of nitrogens with zero attached hydrogens (tertiary/aromatic N) is 2. The summed E-state index contributed by atoms with van der Waals surface area (Å²) >= 11 is 0. The number of Topliss-reactive ketones (excluding diaryl/α,β-unsaturated/α-hetero) is 1. The van der Waals surface area contributed by atoms with Crippen molar-refractivity contribution < 1.29 is 14.4 Å². The molecular formula is C28H26N4O4. The first-order valence-electron chi connectivity index (χ1n) is 11.6. The van der Waals surface area contributed by atoms with Crippen molar-refractivity contribution in [2.45, 2.75) is 33.7 Å². The smallest absolute Gasteiger partial charge is 0.278 e. The van der Waals surface area contributed by atoms with Crippen molar-refractivity contribution in [1.29, 1.82) is 0 Å². The number of benzene rings is 3. The van der Waals surface area contributed by atoms with Gasteiger partial charge in [-0.2, -0.15) is 0 Å². The zero-order chi connectivity index (χ0) is 25.8. The first kappa shape index (κ1) is 24.5. The molecule has 2 N–H and O–H groups in total. The molecule has 0 saturated heterocycles. The summed E-state index contributed by atoms with van der Waals surface area (Å²) in [6.45, 7) is 4.86. The molecule has 8 heteroatoms. The van der Waals surface area contributed by atoms with Gasteiger partial charge in [-0.15, -0.1) is 0 Å². The summed E-state index contributed by atoms with van der Waals surface area (Å²) in [4.78, 5) is 54.8. The van der Waals surface area contributed by atoms with Gasteiger partial charge in [-0.1, -0.05) is 30.7 Å². The zero-order valence-corrected chi connectivity index (χ0v) is 20.3. The number of para-hydroxylation sites is 2. The van der Waals surface area contributed by atoms with Crippen LogP contribution in [0.15, 0.2) is 71.5 Å². The maximum atomic E-state index is 13.7. The molecule has 0 spiro atoms. The molecule has 3 aromatic carbocycles. The normalized spacial score (nSPS) is 10.8. The lowest BCUT2D eigenvalue weighted by Gasteiger charge is -2.15. The minimum absolute atomic E-state index is 0.0686. The van der Waals surface area contributed by atoms with Gasteiger partial charge in [0.25, 0.3) is 5.56 Å². The minimum atomic E-state index is -0.451. The highest BCUT2D eigenvalue weighted by Crippen LogP contribution is 2.27. The Kier molecular flexibility index (Phi) is 7.05. The predicted molar refractivity (Wildman–Crippen MR) is 140 cm³/mol. The Morgan fingerprint density at radius 3 is 2.33 bits per heavy atom. The maximum Gasteiger partial charge on any atom is 0.278 e. The van der Waals surface area contributed by atoms with E-state index in [1.54, 1.807) is 67.6 Å². The van der Waals surface area contributed by atoms with Crippen molar-refractivity contribution in [3.63, 3.8) is 0 Å². The second-order valence-electron chi connectivity index (χ2n) is 8.47. The molecule has 4 rings (SSSR count). The molecule has 1 aromatic heterocycles. The second-order valence-corrected chi connectivity index (χ2v) is 8.47. The van der Waals surface area contributed by atoms with Crippen LogP contribution in [0.2, 0.25) is 0 Å². The highest BCUT2D eigenvalue weighted by Gasteiger charge is 2.18. The van der Waals surface area contributed by atoms with E-state index in [0.717, 1.165) is 5.56 Å². The van der Waals surface area contributed by atoms with Gasteiger partial charge in [0.1, 0.15) is 12.2 Å². The SMILES string of the molecule is CCC(=O)Nc1ccc(C)cc1-c1nc2ccccc2n(CC(=O)Nc2ccc(C(C)=O)cc2)c1=O. The van der Waals surface area contributed by atoms with Gasteiger partial charge >= 0.3 is 0 Å². The van der Waals surface area contributed by atoms with Crippen molar-refractivity contribution in [2.24, 2.45) is 0 Å². The number of anilines is 2. The number of hydrogen-bond donors (Lipinski definition) is 2. The topological polar surface area (TPSA) is 110 Å². The Labute approximate surface area is 208 Å². The van der Waals surface area contributed by atoms with Gasteiger partial charge in [0, 0.05) is 23.2 Å². The molecule has 0 fully saturated rings. The van der Waals surface area contributed by atoms with E-state index in [1.165, 1.54) is 11.5 Å². The Balaban J connectivity index is 1.76. The number of rotatable bonds is 7. The van der Waals surface area contributed by atoms with Crippen LogP contribution < -0.4 is 16.2 Å². The molecule has 0 aliphatic rings. The summed E-state index contributed by atoms with van der Waals surface area (Å²) in [6, 6.07) is 19.0. The van der Waals surface area contributed by atoms with Crippen LogP contribution in [0.25, 0.3) is 22.3 Å². The summed E-state index contributed by atoms with van der Waals surface area (Å²) in [6.07, 6.45) is 0.288. The summed E-state index contributed by atoms with van der Waals surface area (Å²) in [7, 11) is 0. The third-order valence-corrected chi connectivity index (χ3v) is 5.75. The Bertz CT molecular complexity index is 1540. The molecule has 0 aliphatic heterocycles. The number of ketones is 1. The molecule has 36 heavy (non-hydrogen) atoms. The average Bonchev–Trinajstić information content (AvgIpc) is 2.87. The van der Waals surface area contributed by atoms with Crippen LogP contribution in [0, 0.1) is 6.92 Å². The minimum Gasteiger partial charge on any atom is -0.325 e. The summed E-state index contributed by atoms with van der Waals surface area (Å²) < 4.78 is 1.38. The fourth-order valence-electron chi connectivity index (χ4n) is 3.86. The summed E-state index contributed by atoms with van der Waals surface area (Å²) in [5.41, 5.74) is 3.66. The second kappa shape index (κ2) is 10.4. The number of aromatic nitrogens is 2. The van der Waals surface area contributed by atoms with Crippen molar-refractivity contribution in [2.75, 3.05) is 10.6 Å². The molecule has 182 valence electrons. The quantitative estimate of drug-likeness (QED) is 0.375. The molecule has 0 atom stereocenters. The van der Waals surface area contributed by atoms with Crippen LogP contribution in [0.1, 0.15) is 36.2 Å². The number of amides is 2. The molecular weight excluding hydrogens is 456 g/mol. The molecule has 1 heterocycles. The van der Waals surface area contributed by atoms with Gasteiger partial charge in [-0.3, -0.25) is 23.7 Å². The standard InChI is InChI=1S/C28H26N4O4/c1-4-25(34)30-22-14-9-17(2)15-21(22)27-28(36)32(24-8-6-5-7-23(24)31-27)16-26(35)29-20-12-10-19(11-13-20)18(3)33/h5-15H,4,16H2,1-3H3,(H,29,35)(H,30,34). The molecule has 2 amide bonds. The Morgan fingerprint density at radius 2 is 1.64 bits per heavy atom. The van der Waals surface area contributed by atoms with E-state index in [4.69, 9.17) is 0 Å². The van der Waals surface area contributed by atoms with Crippen LogP contribution in [0.3, 0.4) is 0 Å².